The Morgan fingerprint density at radius 1 is 1.48 bits per heavy atom. The van der Waals surface area contributed by atoms with Crippen LogP contribution in [-0.4, -0.2) is 16.5 Å². The first-order valence-corrected chi connectivity index (χ1v) is 8.44. The fraction of sp³-hybridized carbons (Fsp3) is 0.471. The molecule has 0 aromatic carbocycles. The Kier molecular flexibility index (Phi) is 3.89. The van der Waals surface area contributed by atoms with Crippen molar-refractivity contribution in [2.75, 3.05) is 0 Å². The van der Waals surface area contributed by atoms with Crippen molar-refractivity contribution in [3.8, 4) is 0 Å². The van der Waals surface area contributed by atoms with E-state index in [-0.39, 0.29) is 11.9 Å². The van der Waals surface area contributed by atoms with E-state index in [4.69, 9.17) is 0 Å². The minimum Gasteiger partial charge on any atom is -0.349 e. The number of nitrogens with one attached hydrogen (secondary N) is 1. The molecule has 1 fully saturated rings. The Hall–Kier alpha value is -1.55. The number of aromatic nitrogens is 1. The third-order valence-electron chi connectivity index (χ3n) is 4.40. The van der Waals surface area contributed by atoms with Crippen LogP contribution in [0.2, 0.25) is 0 Å². The lowest BCUT2D eigenvalue weighted by Crippen LogP contribution is -2.34. The summed E-state index contributed by atoms with van der Waals surface area (Å²) in [6, 6.07) is 6.51. The number of carbonyl (C=O) groups excluding carboxylic acids is 1. The molecule has 1 unspecified atom stereocenters. The molecule has 0 spiro atoms. The Morgan fingerprint density at radius 3 is 2.86 bits per heavy atom. The van der Waals surface area contributed by atoms with Crippen molar-refractivity contribution in [3.63, 3.8) is 0 Å². The molecule has 21 heavy (non-hydrogen) atoms. The van der Waals surface area contributed by atoms with Crippen molar-refractivity contribution in [2.24, 2.45) is 5.92 Å². The highest BCUT2D eigenvalue weighted by Gasteiger charge is 2.29. The summed E-state index contributed by atoms with van der Waals surface area (Å²) in [7, 11) is 0. The standard InChI is InChI=1S/C17H22N2OS/c1-11-9-16(17(20)18-12(2)14-6-7-14)13(3)19(11)10-15-5-4-8-21-15/h4-5,8-9,12,14H,6-7,10H2,1-3H3,(H,18,20). The largest absolute Gasteiger partial charge is 0.349 e. The zero-order valence-electron chi connectivity index (χ0n) is 12.8. The number of amides is 1. The molecule has 4 heteroatoms. The van der Waals surface area contributed by atoms with E-state index in [1.165, 1.54) is 17.7 Å². The Labute approximate surface area is 130 Å². The van der Waals surface area contributed by atoms with Crippen LogP contribution in [0.4, 0.5) is 0 Å². The summed E-state index contributed by atoms with van der Waals surface area (Å²) >= 11 is 1.75. The van der Waals surface area contributed by atoms with Crippen LogP contribution in [0, 0.1) is 19.8 Å². The Bertz CT molecular complexity index is 638. The van der Waals surface area contributed by atoms with Gasteiger partial charge in [0.15, 0.2) is 0 Å². The van der Waals surface area contributed by atoms with Crippen molar-refractivity contribution in [2.45, 2.75) is 46.2 Å². The van der Waals surface area contributed by atoms with Gasteiger partial charge in [-0.15, -0.1) is 11.3 Å². The molecule has 1 aliphatic rings. The van der Waals surface area contributed by atoms with Crippen LogP contribution in [0.15, 0.2) is 23.6 Å². The molecular formula is C17H22N2OS. The van der Waals surface area contributed by atoms with Crippen LogP contribution in [0.3, 0.4) is 0 Å². The van der Waals surface area contributed by atoms with Crippen molar-refractivity contribution < 1.29 is 4.79 Å². The van der Waals surface area contributed by atoms with Gasteiger partial charge in [0.1, 0.15) is 0 Å². The summed E-state index contributed by atoms with van der Waals surface area (Å²) in [5.74, 6) is 0.753. The molecule has 1 saturated carbocycles. The first kappa shape index (κ1) is 14.4. The number of aryl methyl sites for hydroxylation is 1. The highest BCUT2D eigenvalue weighted by atomic mass is 32.1. The highest BCUT2D eigenvalue weighted by Crippen LogP contribution is 2.32. The molecule has 0 aliphatic heterocycles. The number of rotatable bonds is 5. The average Bonchev–Trinajstić information content (AvgIpc) is 3.11. The van der Waals surface area contributed by atoms with Crippen LogP contribution in [0.5, 0.6) is 0 Å². The molecule has 1 atom stereocenters. The van der Waals surface area contributed by atoms with Gasteiger partial charge in [0.25, 0.3) is 5.91 Å². The second-order valence-corrected chi connectivity index (χ2v) is 7.08. The van der Waals surface area contributed by atoms with E-state index in [0.29, 0.717) is 5.92 Å². The summed E-state index contributed by atoms with van der Waals surface area (Å²) in [6.45, 7) is 7.07. The van der Waals surface area contributed by atoms with E-state index >= 15 is 0 Å². The fourth-order valence-electron chi connectivity index (χ4n) is 2.83. The Balaban J connectivity index is 1.78. The van der Waals surface area contributed by atoms with Gasteiger partial charge >= 0.3 is 0 Å². The third-order valence-corrected chi connectivity index (χ3v) is 5.26. The fourth-order valence-corrected chi connectivity index (χ4v) is 3.52. The summed E-state index contributed by atoms with van der Waals surface area (Å²) in [5, 5.41) is 5.24. The molecular weight excluding hydrogens is 280 g/mol. The normalized spacial score (nSPS) is 16.0. The third kappa shape index (κ3) is 3.05. The first-order valence-electron chi connectivity index (χ1n) is 7.56. The molecule has 3 nitrogen and oxygen atoms in total. The van der Waals surface area contributed by atoms with Crippen molar-refractivity contribution in [1.29, 1.82) is 0 Å². The lowest BCUT2D eigenvalue weighted by molar-refractivity contribution is 0.0935. The van der Waals surface area contributed by atoms with Crippen LogP contribution in [0.1, 0.15) is 46.4 Å². The van der Waals surface area contributed by atoms with Gasteiger partial charge in [-0.1, -0.05) is 6.07 Å². The molecule has 0 saturated heterocycles. The molecule has 3 rings (SSSR count). The Morgan fingerprint density at radius 2 is 2.24 bits per heavy atom. The van der Waals surface area contributed by atoms with Crippen molar-refractivity contribution >= 4 is 17.2 Å². The highest BCUT2D eigenvalue weighted by molar-refractivity contribution is 7.09. The topological polar surface area (TPSA) is 34.0 Å². The summed E-state index contributed by atoms with van der Waals surface area (Å²) < 4.78 is 2.22. The minimum atomic E-state index is 0.0694. The maximum Gasteiger partial charge on any atom is 0.253 e. The molecule has 1 N–H and O–H groups in total. The summed E-state index contributed by atoms with van der Waals surface area (Å²) in [4.78, 5) is 13.8. The number of hydrogen-bond donors (Lipinski definition) is 1. The number of hydrogen-bond acceptors (Lipinski definition) is 2. The van der Waals surface area contributed by atoms with Gasteiger partial charge in [0, 0.05) is 22.3 Å². The van der Waals surface area contributed by atoms with Gasteiger partial charge in [-0.2, -0.15) is 0 Å². The van der Waals surface area contributed by atoms with Crippen LogP contribution in [0.25, 0.3) is 0 Å². The monoisotopic (exact) mass is 302 g/mol. The first-order chi connectivity index (χ1) is 10.1. The molecule has 2 heterocycles. The lowest BCUT2D eigenvalue weighted by atomic mass is 10.2. The predicted octanol–water partition coefficient (Wildman–Crippen LogP) is 3.74. The van der Waals surface area contributed by atoms with Crippen molar-refractivity contribution in [3.05, 3.63) is 45.4 Å². The van der Waals surface area contributed by atoms with Gasteiger partial charge in [-0.05, 0) is 57.0 Å². The van der Waals surface area contributed by atoms with Gasteiger partial charge in [0.2, 0.25) is 0 Å². The number of carbonyl (C=O) groups is 1. The smallest absolute Gasteiger partial charge is 0.253 e. The number of nitrogens with zero attached hydrogens (tertiary/aromatic N) is 1. The molecule has 0 bridgehead atoms. The van der Waals surface area contributed by atoms with E-state index in [2.05, 4.69) is 41.2 Å². The van der Waals surface area contributed by atoms with Crippen LogP contribution in [-0.2, 0) is 6.54 Å². The van der Waals surface area contributed by atoms with E-state index in [1.807, 2.05) is 13.0 Å². The molecule has 2 aromatic heterocycles. The lowest BCUT2D eigenvalue weighted by Gasteiger charge is -2.13. The summed E-state index contributed by atoms with van der Waals surface area (Å²) in [6.07, 6.45) is 2.50. The van der Waals surface area contributed by atoms with Gasteiger partial charge in [-0.3, -0.25) is 4.79 Å². The molecule has 1 amide bonds. The zero-order chi connectivity index (χ0) is 15.0. The zero-order valence-corrected chi connectivity index (χ0v) is 13.7. The van der Waals surface area contributed by atoms with Crippen LogP contribution >= 0.6 is 11.3 Å². The second-order valence-electron chi connectivity index (χ2n) is 6.05. The molecule has 0 radical (unpaired) electrons. The summed E-state index contributed by atoms with van der Waals surface area (Å²) in [5.41, 5.74) is 3.02. The molecule has 112 valence electrons. The second kappa shape index (κ2) is 5.68. The van der Waals surface area contributed by atoms with Gasteiger partial charge in [-0.25, -0.2) is 0 Å². The van der Waals surface area contributed by atoms with Gasteiger partial charge < -0.3 is 9.88 Å². The van der Waals surface area contributed by atoms with E-state index in [0.717, 1.165) is 23.5 Å². The van der Waals surface area contributed by atoms with E-state index in [9.17, 15) is 4.79 Å². The average molecular weight is 302 g/mol. The molecule has 2 aromatic rings. The van der Waals surface area contributed by atoms with E-state index < -0.39 is 0 Å². The quantitative estimate of drug-likeness (QED) is 0.897. The number of thiophene rings is 1. The van der Waals surface area contributed by atoms with Crippen molar-refractivity contribution in [1.82, 2.24) is 9.88 Å². The van der Waals surface area contributed by atoms with Crippen LogP contribution < -0.4 is 5.32 Å². The predicted molar refractivity (Wildman–Crippen MR) is 87.0 cm³/mol. The molecule has 1 aliphatic carbocycles. The van der Waals surface area contributed by atoms with Gasteiger partial charge in [0.05, 0.1) is 12.1 Å². The maximum absolute atomic E-state index is 12.5. The van der Waals surface area contributed by atoms with E-state index in [1.54, 1.807) is 11.3 Å². The minimum absolute atomic E-state index is 0.0694. The maximum atomic E-state index is 12.5. The SMILES string of the molecule is Cc1cc(C(=O)NC(C)C2CC2)c(C)n1Cc1cccs1.